The van der Waals surface area contributed by atoms with E-state index < -0.39 is 0 Å². The summed E-state index contributed by atoms with van der Waals surface area (Å²) in [5, 5.41) is 7.87. The van der Waals surface area contributed by atoms with Crippen LogP contribution in [0.2, 0.25) is 0 Å². The van der Waals surface area contributed by atoms with E-state index >= 15 is 0 Å². The van der Waals surface area contributed by atoms with Crippen LogP contribution in [-0.2, 0) is 12.2 Å². The molecule has 0 atom stereocenters. The molecule has 96 valence electrons. The minimum atomic E-state index is 1.09. The van der Waals surface area contributed by atoms with Gasteiger partial charge >= 0.3 is 0 Å². The van der Waals surface area contributed by atoms with Crippen molar-refractivity contribution in [2.75, 3.05) is 18.8 Å². The van der Waals surface area contributed by atoms with Crippen LogP contribution in [0.15, 0.2) is 47.2 Å². The second kappa shape index (κ2) is 8.35. The monoisotopic (exact) mass is 277 g/mol. The van der Waals surface area contributed by atoms with Crippen molar-refractivity contribution in [3.63, 3.8) is 0 Å². The molecule has 1 aromatic carbocycles. The largest absolute Gasteiger partial charge is 0.316 e. The summed E-state index contributed by atoms with van der Waals surface area (Å²) < 4.78 is 0. The Bertz CT molecular complexity index is 411. The minimum absolute atomic E-state index is 1.09. The maximum atomic E-state index is 3.49. The summed E-state index contributed by atoms with van der Waals surface area (Å²) in [5.41, 5.74) is 2.87. The summed E-state index contributed by atoms with van der Waals surface area (Å²) in [6, 6.07) is 12.9. The normalized spacial score (nSPS) is 10.7. The highest BCUT2D eigenvalue weighted by Gasteiger charge is 1.94. The highest BCUT2D eigenvalue weighted by molar-refractivity contribution is 7.98. The van der Waals surface area contributed by atoms with Crippen LogP contribution in [0.25, 0.3) is 0 Å². The summed E-state index contributed by atoms with van der Waals surface area (Å²) in [7, 11) is 0. The highest BCUT2D eigenvalue weighted by atomic mass is 32.2. The molecule has 0 saturated carbocycles. The summed E-state index contributed by atoms with van der Waals surface area (Å²) >= 11 is 3.77. The molecule has 1 N–H and O–H groups in total. The van der Waals surface area contributed by atoms with Gasteiger partial charge in [0.25, 0.3) is 0 Å². The van der Waals surface area contributed by atoms with Crippen LogP contribution in [0.1, 0.15) is 11.1 Å². The predicted molar refractivity (Wildman–Crippen MR) is 83.5 cm³/mol. The number of benzene rings is 1. The maximum absolute atomic E-state index is 3.49. The molecule has 2 aromatic rings. The van der Waals surface area contributed by atoms with Gasteiger partial charge < -0.3 is 5.32 Å². The molecule has 0 unspecified atom stereocenters. The van der Waals surface area contributed by atoms with Crippen molar-refractivity contribution >= 4 is 23.1 Å². The van der Waals surface area contributed by atoms with Crippen LogP contribution in [0.3, 0.4) is 0 Å². The van der Waals surface area contributed by atoms with E-state index in [1.807, 2.05) is 11.8 Å². The molecular weight excluding hydrogens is 258 g/mol. The van der Waals surface area contributed by atoms with Crippen molar-refractivity contribution in [3.05, 3.63) is 58.3 Å². The first-order valence-corrected chi connectivity index (χ1v) is 8.38. The van der Waals surface area contributed by atoms with Crippen LogP contribution in [0, 0.1) is 0 Å². The summed E-state index contributed by atoms with van der Waals surface area (Å²) in [6.07, 6.45) is 1.15. The van der Waals surface area contributed by atoms with Gasteiger partial charge in [0.05, 0.1) is 0 Å². The van der Waals surface area contributed by atoms with Gasteiger partial charge in [0.2, 0.25) is 0 Å². The fourth-order valence-electron chi connectivity index (χ4n) is 1.70. The van der Waals surface area contributed by atoms with Crippen LogP contribution in [0.4, 0.5) is 0 Å². The molecule has 2 rings (SSSR count). The van der Waals surface area contributed by atoms with Gasteiger partial charge in [-0.1, -0.05) is 30.3 Å². The Labute approximate surface area is 118 Å². The number of thioether (sulfide) groups is 1. The highest BCUT2D eigenvalue weighted by Crippen LogP contribution is 2.10. The fourth-order valence-corrected chi connectivity index (χ4v) is 3.27. The third kappa shape index (κ3) is 5.25. The van der Waals surface area contributed by atoms with Crippen molar-refractivity contribution in [2.45, 2.75) is 12.2 Å². The zero-order valence-corrected chi connectivity index (χ0v) is 12.1. The maximum Gasteiger partial charge on any atom is 0.0185 e. The first-order valence-electron chi connectivity index (χ1n) is 6.28. The number of hydrogen-bond acceptors (Lipinski definition) is 3. The number of thiophene rings is 1. The van der Waals surface area contributed by atoms with E-state index in [4.69, 9.17) is 0 Å². The van der Waals surface area contributed by atoms with Gasteiger partial charge in [0, 0.05) is 18.1 Å². The standard InChI is InChI=1S/C15H19NS2/c1-2-4-14(5-3-1)12-18-11-9-16-8-6-15-7-10-17-13-15/h1-5,7,10,13,16H,6,8-9,11-12H2. The van der Waals surface area contributed by atoms with Gasteiger partial charge in [-0.2, -0.15) is 23.1 Å². The molecule has 0 spiro atoms. The lowest BCUT2D eigenvalue weighted by Crippen LogP contribution is -2.19. The van der Waals surface area contributed by atoms with Crippen molar-refractivity contribution in [1.29, 1.82) is 0 Å². The van der Waals surface area contributed by atoms with Gasteiger partial charge in [0.1, 0.15) is 0 Å². The number of nitrogens with one attached hydrogen (secondary N) is 1. The molecule has 0 amide bonds. The molecule has 0 aliphatic carbocycles. The summed E-state index contributed by atoms with van der Waals surface area (Å²) in [4.78, 5) is 0. The van der Waals surface area contributed by atoms with E-state index in [9.17, 15) is 0 Å². The topological polar surface area (TPSA) is 12.0 Å². The van der Waals surface area contributed by atoms with Crippen molar-refractivity contribution in [3.8, 4) is 0 Å². The average Bonchev–Trinajstić information content (AvgIpc) is 2.92. The first kappa shape index (κ1) is 13.7. The molecule has 1 nitrogen and oxygen atoms in total. The van der Waals surface area contributed by atoms with Crippen LogP contribution in [-0.4, -0.2) is 18.8 Å². The van der Waals surface area contributed by atoms with Crippen molar-refractivity contribution in [2.24, 2.45) is 0 Å². The fraction of sp³-hybridized carbons (Fsp3) is 0.333. The Kier molecular flexibility index (Phi) is 6.34. The molecule has 1 heterocycles. The summed E-state index contributed by atoms with van der Waals surface area (Å²) in [6.45, 7) is 2.18. The third-order valence-electron chi connectivity index (χ3n) is 2.71. The van der Waals surface area contributed by atoms with Gasteiger partial charge in [-0.3, -0.25) is 0 Å². The van der Waals surface area contributed by atoms with Crippen LogP contribution < -0.4 is 5.32 Å². The molecule has 3 heteroatoms. The molecule has 0 radical (unpaired) electrons. The Morgan fingerprint density at radius 3 is 2.67 bits per heavy atom. The van der Waals surface area contributed by atoms with Crippen molar-refractivity contribution < 1.29 is 0 Å². The van der Waals surface area contributed by atoms with E-state index in [2.05, 4.69) is 52.5 Å². The SMILES string of the molecule is c1ccc(CSCCNCCc2ccsc2)cc1. The molecule has 0 aliphatic rings. The van der Waals surface area contributed by atoms with Crippen LogP contribution >= 0.6 is 23.1 Å². The molecular formula is C15H19NS2. The quantitative estimate of drug-likeness (QED) is 0.736. The van der Waals surface area contributed by atoms with E-state index in [1.165, 1.54) is 16.9 Å². The second-order valence-electron chi connectivity index (χ2n) is 4.17. The Morgan fingerprint density at radius 1 is 1.00 bits per heavy atom. The van der Waals surface area contributed by atoms with Crippen molar-refractivity contribution in [1.82, 2.24) is 5.32 Å². The van der Waals surface area contributed by atoms with E-state index in [0.717, 1.165) is 25.3 Å². The van der Waals surface area contributed by atoms with E-state index in [0.29, 0.717) is 0 Å². The Balaban J connectivity index is 1.47. The second-order valence-corrected chi connectivity index (χ2v) is 6.05. The molecule has 0 aliphatic heterocycles. The molecule has 1 aromatic heterocycles. The predicted octanol–water partition coefficient (Wildman–Crippen LogP) is 3.81. The van der Waals surface area contributed by atoms with Crippen LogP contribution in [0.5, 0.6) is 0 Å². The summed E-state index contributed by atoms with van der Waals surface area (Å²) in [5.74, 6) is 2.30. The van der Waals surface area contributed by atoms with Gasteiger partial charge in [-0.05, 0) is 40.9 Å². The molecule has 0 bridgehead atoms. The smallest absolute Gasteiger partial charge is 0.0185 e. The zero-order valence-electron chi connectivity index (χ0n) is 10.5. The lowest BCUT2D eigenvalue weighted by Gasteiger charge is -2.04. The first-order chi connectivity index (χ1) is 8.95. The van der Waals surface area contributed by atoms with Gasteiger partial charge in [0.15, 0.2) is 0 Å². The number of hydrogen-bond donors (Lipinski definition) is 1. The zero-order chi connectivity index (χ0) is 12.5. The lowest BCUT2D eigenvalue weighted by atomic mass is 10.2. The minimum Gasteiger partial charge on any atom is -0.316 e. The molecule has 18 heavy (non-hydrogen) atoms. The Hall–Kier alpha value is -0.770. The number of rotatable bonds is 8. The average molecular weight is 277 g/mol. The molecule has 0 fully saturated rings. The molecule has 0 saturated heterocycles. The van der Waals surface area contributed by atoms with E-state index in [-0.39, 0.29) is 0 Å². The Morgan fingerprint density at radius 2 is 1.89 bits per heavy atom. The van der Waals surface area contributed by atoms with E-state index in [1.54, 1.807) is 11.3 Å². The lowest BCUT2D eigenvalue weighted by molar-refractivity contribution is 0.722. The third-order valence-corrected chi connectivity index (χ3v) is 4.47. The van der Waals surface area contributed by atoms with Gasteiger partial charge in [-0.25, -0.2) is 0 Å². The van der Waals surface area contributed by atoms with Gasteiger partial charge in [-0.15, -0.1) is 0 Å².